The summed E-state index contributed by atoms with van der Waals surface area (Å²) in [5.74, 6) is -0.735. The van der Waals surface area contributed by atoms with Crippen molar-refractivity contribution in [1.82, 2.24) is 26.6 Å². The highest BCUT2D eigenvalue weighted by Crippen LogP contribution is 2.52. The Kier molecular flexibility index (Phi) is 17.0. The number of nitrogens with zero attached hydrogens (tertiary/aromatic N) is 6. The summed E-state index contributed by atoms with van der Waals surface area (Å²) in [7, 11) is 8.68. The SMILES string of the molecule is COC(=O)c1cc(-c2ccc(-c3cc(C(=O)OC)c(-c4ccc(C)n4C)s3)c3nsnc23)sc1C.COCCCCC1(C)c2cc(C)ccc2-c2ccc(C)cc21.Cc1ccc(-c2ccc(-c3ccc(-c4ccc(C)c5nsnc45)s3)n2C)s1. The molecule has 13 rings (SSSR count). The molecule has 0 amide bonds. The molecule has 0 saturated carbocycles. The summed E-state index contributed by atoms with van der Waals surface area (Å²) in [5, 5.41) is 0. The van der Waals surface area contributed by atoms with Crippen molar-refractivity contribution in [2.75, 3.05) is 27.9 Å². The van der Waals surface area contributed by atoms with E-state index in [-0.39, 0.29) is 17.4 Å². The minimum atomic E-state index is -0.380. The zero-order valence-electron chi connectivity index (χ0n) is 49.0. The maximum absolute atomic E-state index is 12.6. The van der Waals surface area contributed by atoms with Crippen molar-refractivity contribution in [3.63, 3.8) is 0 Å². The molecule has 0 radical (unpaired) electrons. The molecule has 1 aliphatic carbocycles. The van der Waals surface area contributed by atoms with Gasteiger partial charge in [0.05, 0.1) is 80.5 Å². The van der Waals surface area contributed by atoms with Crippen molar-refractivity contribution in [1.29, 1.82) is 0 Å². The van der Waals surface area contributed by atoms with Crippen LogP contribution in [0.15, 0.2) is 121 Å². The topological polar surface area (TPSA) is 123 Å². The number of benzene rings is 4. The largest absolute Gasteiger partial charge is 0.465 e. The summed E-state index contributed by atoms with van der Waals surface area (Å²) in [4.78, 5) is 33.5. The molecule has 428 valence electrons. The number of hydrogen-bond donors (Lipinski definition) is 0. The number of thiophene rings is 4. The van der Waals surface area contributed by atoms with Gasteiger partial charge in [0.1, 0.15) is 22.1 Å². The maximum Gasteiger partial charge on any atom is 0.339 e. The van der Waals surface area contributed by atoms with Crippen LogP contribution in [0.1, 0.15) is 90.2 Å². The first kappa shape index (κ1) is 58.5. The van der Waals surface area contributed by atoms with Crippen LogP contribution in [0.3, 0.4) is 0 Å². The maximum atomic E-state index is 12.6. The molecule has 0 atom stereocenters. The van der Waals surface area contributed by atoms with Gasteiger partial charge in [0.2, 0.25) is 0 Å². The summed E-state index contributed by atoms with van der Waals surface area (Å²) in [6.07, 6.45) is 3.52. The first-order chi connectivity index (χ1) is 40.5. The van der Waals surface area contributed by atoms with Gasteiger partial charge in [0.25, 0.3) is 0 Å². The quantitative estimate of drug-likeness (QED) is 0.0820. The Balaban J connectivity index is 0.000000135. The number of aromatic nitrogens is 6. The van der Waals surface area contributed by atoms with E-state index in [2.05, 4.69) is 153 Å². The van der Waals surface area contributed by atoms with Gasteiger partial charge >= 0.3 is 11.9 Å². The third-order valence-corrected chi connectivity index (χ3v) is 21.5. The molecule has 1 aliphatic rings. The van der Waals surface area contributed by atoms with E-state index in [1.807, 2.05) is 80.0 Å². The van der Waals surface area contributed by atoms with E-state index in [9.17, 15) is 9.59 Å². The molecule has 17 heteroatoms. The molecule has 0 N–H and O–H groups in total. The van der Waals surface area contributed by atoms with Gasteiger partial charge in [-0.15, -0.1) is 45.3 Å². The standard InChI is InChI=1S/C25H21N3O4S3.C21H17N3S3.C21H26O/c1-12-6-9-18(28(12)3)23-17(25(30)32-5)11-20(34-23)15-8-7-14(21-22(15)27-35-26-21)19-10-16(13(2)33-19)24(29)31-4;1-12-4-6-14(21-20(12)22-27-23-21)17-10-11-19(26-17)16-8-7-15(24(16)3)18-9-5-13(2)25-18;1-15-7-9-17-18-10-8-16(2)14-20(18)21(3,19(17)13-15)11-5-6-12-22-4/h6-11H,1-5H3;4-11H,1-3H3;7-10,13-14H,5-6,11-12H2,1-4H3. The number of esters is 2. The first-order valence-corrected chi connectivity index (χ1v) is 32.3. The molecule has 11 nitrogen and oxygen atoms in total. The Morgan fingerprint density at radius 3 is 1.58 bits per heavy atom. The van der Waals surface area contributed by atoms with E-state index in [1.54, 1.807) is 7.11 Å². The van der Waals surface area contributed by atoms with Crippen LogP contribution in [-0.4, -0.2) is 66.5 Å². The normalized spacial score (nSPS) is 12.2. The van der Waals surface area contributed by atoms with Gasteiger partial charge in [-0.25, -0.2) is 9.59 Å². The van der Waals surface area contributed by atoms with Crippen LogP contribution in [0.4, 0.5) is 0 Å². The number of fused-ring (bicyclic) bond motifs is 5. The van der Waals surface area contributed by atoms with Crippen LogP contribution in [0, 0.1) is 41.5 Å². The fraction of sp³-hybridized carbons (Fsp3) is 0.254. The predicted molar refractivity (Wildman–Crippen MR) is 352 cm³/mol. The van der Waals surface area contributed by atoms with Crippen molar-refractivity contribution in [3.8, 4) is 74.2 Å². The second kappa shape index (κ2) is 24.4. The minimum absolute atomic E-state index is 0.135. The number of carbonyl (C=O) groups excluding carboxylic acids is 2. The van der Waals surface area contributed by atoms with Gasteiger partial charge in [-0.3, -0.25) is 0 Å². The fourth-order valence-electron chi connectivity index (χ4n) is 11.2. The number of carbonyl (C=O) groups is 2. The van der Waals surface area contributed by atoms with Gasteiger partial charge in [-0.05, 0) is 149 Å². The van der Waals surface area contributed by atoms with Crippen molar-refractivity contribution in [3.05, 3.63) is 176 Å². The molecule has 8 aromatic heterocycles. The zero-order valence-corrected chi connectivity index (χ0v) is 53.9. The summed E-state index contributed by atoms with van der Waals surface area (Å²) in [5.41, 5.74) is 22.0. The zero-order chi connectivity index (χ0) is 59.1. The Hall–Kier alpha value is -7.22. The van der Waals surface area contributed by atoms with Crippen molar-refractivity contribution in [2.24, 2.45) is 14.1 Å². The lowest BCUT2D eigenvalue weighted by atomic mass is 9.75. The summed E-state index contributed by atoms with van der Waals surface area (Å²) in [6, 6.07) is 43.1. The molecule has 12 aromatic rings. The molecule has 0 bridgehead atoms. The molecule has 0 spiro atoms. The van der Waals surface area contributed by atoms with Crippen LogP contribution in [-0.2, 0) is 33.7 Å². The molecule has 4 aromatic carbocycles. The molecule has 8 heterocycles. The lowest BCUT2D eigenvalue weighted by Crippen LogP contribution is -2.21. The van der Waals surface area contributed by atoms with Crippen LogP contribution in [0.5, 0.6) is 0 Å². The lowest BCUT2D eigenvalue weighted by Gasteiger charge is -2.28. The highest BCUT2D eigenvalue weighted by atomic mass is 32.1. The van der Waals surface area contributed by atoms with Crippen LogP contribution in [0.25, 0.3) is 96.2 Å². The Bertz CT molecular complexity index is 4370. The van der Waals surface area contributed by atoms with E-state index >= 15 is 0 Å². The van der Waals surface area contributed by atoms with E-state index in [0.717, 1.165) is 88.8 Å². The number of unbranched alkanes of at least 4 members (excludes halogenated alkanes) is 1. The monoisotopic (exact) mass is 1220 g/mol. The fourth-order valence-corrected chi connectivity index (χ4v) is 16.7. The summed E-state index contributed by atoms with van der Waals surface area (Å²) < 4.78 is 37.7. The predicted octanol–water partition coefficient (Wildman–Crippen LogP) is 18.5. The minimum Gasteiger partial charge on any atom is -0.465 e. The van der Waals surface area contributed by atoms with Crippen LogP contribution < -0.4 is 0 Å². The molecule has 0 unspecified atom stereocenters. The smallest absolute Gasteiger partial charge is 0.339 e. The highest BCUT2D eigenvalue weighted by Gasteiger charge is 2.39. The van der Waals surface area contributed by atoms with Crippen molar-refractivity contribution >= 4 is 103 Å². The van der Waals surface area contributed by atoms with Crippen LogP contribution in [0.2, 0.25) is 0 Å². The van der Waals surface area contributed by atoms with Gasteiger partial charge in [-0.2, -0.15) is 17.5 Å². The summed E-state index contributed by atoms with van der Waals surface area (Å²) in [6.45, 7) is 15.8. The molecule has 84 heavy (non-hydrogen) atoms. The number of rotatable bonds is 13. The van der Waals surface area contributed by atoms with E-state index in [4.69, 9.17) is 14.2 Å². The lowest BCUT2D eigenvalue weighted by molar-refractivity contribution is 0.0592. The van der Waals surface area contributed by atoms with Gasteiger partial charge in [-0.1, -0.05) is 78.7 Å². The molecule has 0 fully saturated rings. The third kappa shape index (κ3) is 11.1. The molecule has 0 aliphatic heterocycles. The molecule has 0 saturated heterocycles. The van der Waals surface area contributed by atoms with Crippen molar-refractivity contribution in [2.45, 2.75) is 73.1 Å². The molecular formula is C67H64N6O5S6. The Morgan fingerprint density at radius 2 is 1.00 bits per heavy atom. The molecular weight excluding hydrogens is 1160 g/mol. The number of hydrogen-bond acceptors (Lipinski definition) is 15. The Labute approximate surface area is 514 Å². The van der Waals surface area contributed by atoms with Gasteiger partial charge < -0.3 is 23.3 Å². The highest BCUT2D eigenvalue weighted by molar-refractivity contribution is 7.19. The third-order valence-electron chi connectivity index (χ3n) is 16.0. The first-order valence-electron chi connectivity index (χ1n) is 27.6. The van der Waals surface area contributed by atoms with Crippen LogP contribution >= 0.6 is 68.8 Å². The second-order valence-corrected chi connectivity index (χ2v) is 27.2. The van der Waals surface area contributed by atoms with Gasteiger partial charge in [0.15, 0.2) is 0 Å². The number of methoxy groups -OCH3 is 3. The average molecular weight is 1230 g/mol. The number of aryl methyl sites for hydroxylation is 6. The van der Waals surface area contributed by atoms with E-state index < -0.39 is 0 Å². The second-order valence-electron chi connectivity index (χ2n) is 21.5. The average Bonchev–Trinajstić information content (AvgIpc) is 3.96. The summed E-state index contributed by atoms with van der Waals surface area (Å²) >= 11 is 9.12. The van der Waals surface area contributed by atoms with Gasteiger partial charge in [0, 0.05) is 80.0 Å². The van der Waals surface area contributed by atoms with E-state index in [1.165, 1.54) is 137 Å². The number of ether oxygens (including phenoxy) is 3. The van der Waals surface area contributed by atoms with E-state index in [0.29, 0.717) is 11.1 Å². The van der Waals surface area contributed by atoms with Crippen molar-refractivity contribution < 1.29 is 23.8 Å². The Morgan fingerprint density at radius 1 is 0.488 bits per heavy atom.